The van der Waals surface area contributed by atoms with Gasteiger partial charge in [0.05, 0.1) is 10.3 Å². The molecule has 0 spiro atoms. The molecule has 1 amide bonds. The molecular formula is C24H22N2O5S. The van der Waals surface area contributed by atoms with E-state index in [-0.39, 0.29) is 17.6 Å². The first-order chi connectivity index (χ1) is 15.3. The third kappa shape index (κ3) is 3.61. The van der Waals surface area contributed by atoms with Gasteiger partial charge < -0.3 is 14.8 Å². The molecule has 8 heteroatoms. The highest BCUT2D eigenvalue weighted by molar-refractivity contribution is 7.89. The van der Waals surface area contributed by atoms with E-state index in [9.17, 15) is 13.2 Å². The molecule has 0 unspecified atom stereocenters. The second kappa shape index (κ2) is 7.36. The van der Waals surface area contributed by atoms with Gasteiger partial charge in [-0.15, -0.1) is 0 Å². The van der Waals surface area contributed by atoms with Crippen molar-refractivity contribution in [2.75, 3.05) is 12.1 Å². The van der Waals surface area contributed by atoms with Gasteiger partial charge in [0, 0.05) is 5.69 Å². The molecule has 1 fully saturated rings. The van der Waals surface area contributed by atoms with Crippen molar-refractivity contribution in [2.45, 2.75) is 30.1 Å². The maximum Gasteiger partial charge on any atom is 0.238 e. The summed E-state index contributed by atoms with van der Waals surface area (Å²) < 4.78 is 33.8. The molecule has 1 aliphatic carbocycles. The monoisotopic (exact) mass is 450 g/mol. The lowest BCUT2D eigenvalue weighted by Gasteiger charge is -2.18. The van der Waals surface area contributed by atoms with Crippen molar-refractivity contribution < 1.29 is 22.7 Å². The Morgan fingerprint density at radius 1 is 0.938 bits per heavy atom. The zero-order valence-corrected chi connectivity index (χ0v) is 18.2. The maximum atomic E-state index is 13.3. The number of hydrogen-bond donors (Lipinski definition) is 2. The summed E-state index contributed by atoms with van der Waals surface area (Å²) in [6.45, 7) is 2.13. The first kappa shape index (κ1) is 20.5. The van der Waals surface area contributed by atoms with Gasteiger partial charge in [-0.1, -0.05) is 30.3 Å². The number of sulfonamides is 1. The predicted molar refractivity (Wildman–Crippen MR) is 120 cm³/mol. The molecule has 7 nitrogen and oxygen atoms in total. The van der Waals surface area contributed by atoms with Crippen LogP contribution in [-0.2, 0) is 20.2 Å². The molecule has 0 aromatic heterocycles. The molecule has 1 saturated carbocycles. The molecule has 0 atom stereocenters. The second-order valence-corrected chi connectivity index (χ2v) is 9.76. The average Bonchev–Trinajstić information content (AvgIpc) is 3.45. The highest BCUT2D eigenvalue weighted by Gasteiger charge is 2.51. The third-order valence-electron chi connectivity index (χ3n) is 6.11. The van der Waals surface area contributed by atoms with E-state index < -0.39 is 15.4 Å². The Balaban J connectivity index is 1.40. The summed E-state index contributed by atoms with van der Waals surface area (Å²) in [6, 6.07) is 17.8. The third-order valence-corrected chi connectivity index (χ3v) is 7.04. The van der Waals surface area contributed by atoms with Crippen molar-refractivity contribution in [3.8, 4) is 22.6 Å². The number of primary sulfonamides is 1. The average molecular weight is 451 g/mol. The van der Waals surface area contributed by atoms with Gasteiger partial charge in [0.15, 0.2) is 11.5 Å². The van der Waals surface area contributed by atoms with Crippen LogP contribution in [0.25, 0.3) is 11.1 Å². The van der Waals surface area contributed by atoms with Gasteiger partial charge in [0.2, 0.25) is 22.7 Å². The summed E-state index contributed by atoms with van der Waals surface area (Å²) in [5, 5.41) is 8.28. The molecule has 0 radical (unpaired) electrons. The molecule has 0 bridgehead atoms. The number of ether oxygens (including phenoxy) is 2. The van der Waals surface area contributed by atoms with Crippen molar-refractivity contribution in [1.29, 1.82) is 0 Å². The smallest absolute Gasteiger partial charge is 0.238 e. The van der Waals surface area contributed by atoms with Crippen molar-refractivity contribution in [1.82, 2.24) is 0 Å². The minimum Gasteiger partial charge on any atom is -0.454 e. The van der Waals surface area contributed by atoms with E-state index in [1.165, 1.54) is 12.1 Å². The molecule has 3 aromatic rings. The van der Waals surface area contributed by atoms with E-state index in [1.807, 2.05) is 43.3 Å². The number of carbonyl (C=O) groups is 1. The summed E-state index contributed by atoms with van der Waals surface area (Å²) in [6.07, 6.45) is 1.54. The maximum absolute atomic E-state index is 13.3. The van der Waals surface area contributed by atoms with Gasteiger partial charge in [-0.2, -0.15) is 0 Å². The van der Waals surface area contributed by atoms with Gasteiger partial charge in [-0.25, -0.2) is 13.6 Å². The highest BCUT2D eigenvalue weighted by Crippen LogP contribution is 2.51. The van der Waals surface area contributed by atoms with Gasteiger partial charge >= 0.3 is 0 Å². The Morgan fingerprint density at radius 2 is 1.62 bits per heavy atom. The number of aryl methyl sites for hydroxylation is 1. The lowest BCUT2D eigenvalue weighted by molar-refractivity contribution is -0.118. The van der Waals surface area contributed by atoms with Crippen LogP contribution in [0.1, 0.15) is 24.0 Å². The number of fused-ring (bicyclic) bond motifs is 1. The van der Waals surface area contributed by atoms with E-state index in [4.69, 9.17) is 14.6 Å². The summed E-state index contributed by atoms with van der Waals surface area (Å²) in [4.78, 5) is 13.3. The van der Waals surface area contributed by atoms with Crippen molar-refractivity contribution in [2.24, 2.45) is 5.14 Å². The largest absolute Gasteiger partial charge is 0.454 e. The molecule has 0 saturated heterocycles. The minimum absolute atomic E-state index is 0.0545. The van der Waals surface area contributed by atoms with Crippen LogP contribution in [0.15, 0.2) is 65.6 Å². The van der Waals surface area contributed by atoms with Crippen LogP contribution in [0.2, 0.25) is 0 Å². The fourth-order valence-electron chi connectivity index (χ4n) is 3.98. The van der Waals surface area contributed by atoms with E-state index in [2.05, 4.69) is 5.32 Å². The number of amides is 1. The molecule has 164 valence electrons. The molecule has 1 heterocycles. The summed E-state index contributed by atoms with van der Waals surface area (Å²) in [7, 11) is -3.75. The van der Waals surface area contributed by atoms with Crippen LogP contribution < -0.4 is 19.9 Å². The predicted octanol–water partition coefficient (Wildman–Crippen LogP) is 3.71. The number of carbonyl (C=O) groups excluding carboxylic acids is 1. The van der Waals surface area contributed by atoms with Crippen LogP contribution in [0.5, 0.6) is 11.5 Å². The molecule has 2 aliphatic rings. The molecule has 3 N–H and O–H groups in total. The highest BCUT2D eigenvalue weighted by atomic mass is 32.2. The number of benzene rings is 3. The molecule has 3 aromatic carbocycles. The van der Waals surface area contributed by atoms with Crippen LogP contribution in [0.4, 0.5) is 5.69 Å². The van der Waals surface area contributed by atoms with E-state index in [0.717, 1.165) is 40.8 Å². The minimum atomic E-state index is -3.75. The van der Waals surface area contributed by atoms with Crippen LogP contribution in [0.3, 0.4) is 0 Å². The fourth-order valence-corrected chi connectivity index (χ4v) is 4.50. The Bertz CT molecular complexity index is 1330. The molecule has 32 heavy (non-hydrogen) atoms. The Morgan fingerprint density at radius 3 is 2.31 bits per heavy atom. The van der Waals surface area contributed by atoms with Crippen molar-refractivity contribution in [3.05, 3.63) is 71.8 Å². The van der Waals surface area contributed by atoms with Crippen molar-refractivity contribution >= 4 is 21.6 Å². The summed E-state index contributed by atoms with van der Waals surface area (Å²) >= 11 is 0. The van der Waals surface area contributed by atoms with E-state index in [1.54, 1.807) is 12.1 Å². The van der Waals surface area contributed by atoms with E-state index >= 15 is 0 Å². The zero-order chi connectivity index (χ0) is 22.5. The first-order valence-electron chi connectivity index (χ1n) is 10.2. The topological polar surface area (TPSA) is 108 Å². The lowest BCUT2D eigenvalue weighted by atomic mass is 9.94. The SMILES string of the molecule is Cc1ccc(-c2ccc(S(N)(=O)=O)cc2)cc1NC(=O)C1(c2ccc3c(c2)OCO3)CC1. The quantitative estimate of drug-likeness (QED) is 0.616. The standard InChI is InChI=1S/C24H22N2O5S/c1-15-2-3-17(16-4-7-19(8-5-16)32(25,28)29)12-20(15)26-23(27)24(10-11-24)18-6-9-21-22(13-18)31-14-30-21/h2-9,12-13H,10-11,14H2,1H3,(H,26,27)(H2,25,28,29). The van der Waals surface area contributed by atoms with Crippen LogP contribution >= 0.6 is 0 Å². The van der Waals surface area contributed by atoms with Gasteiger partial charge in [0.25, 0.3) is 0 Å². The van der Waals surface area contributed by atoms with E-state index in [0.29, 0.717) is 11.5 Å². The summed E-state index contributed by atoms with van der Waals surface area (Å²) in [5.41, 5.74) is 3.69. The van der Waals surface area contributed by atoms with Gasteiger partial charge in [-0.3, -0.25) is 4.79 Å². The van der Waals surface area contributed by atoms with Crippen LogP contribution in [0, 0.1) is 6.92 Å². The normalized spacial score (nSPS) is 15.9. The second-order valence-electron chi connectivity index (χ2n) is 8.20. The van der Waals surface area contributed by atoms with Gasteiger partial charge in [-0.05, 0) is 72.4 Å². The number of nitrogens with two attached hydrogens (primary N) is 1. The van der Waals surface area contributed by atoms with Crippen LogP contribution in [-0.4, -0.2) is 21.1 Å². The molecule has 1 aliphatic heterocycles. The summed E-state index contributed by atoms with van der Waals surface area (Å²) in [5.74, 6) is 1.31. The number of anilines is 1. The lowest BCUT2D eigenvalue weighted by Crippen LogP contribution is -2.28. The van der Waals surface area contributed by atoms with Crippen molar-refractivity contribution in [3.63, 3.8) is 0 Å². The van der Waals surface area contributed by atoms with Gasteiger partial charge in [0.1, 0.15) is 0 Å². The number of rotatable bonds is 5. The number of nitrogens with one attached hydrogen (secondary N) is 1. The Hall–Kier alpha value is -3.36. The molecule has 5 rings (SSSR count). The first-order valence-corrected chi connectivity index (χ1v) is 11.8. The fraction of sp³-hybridized carbons (Fsp3) is 0.208. The number of hydrogen-bond acceptors (Lipinski definition) is 5. The Kier molecular flexibility index (Phi) is 4.72. The Labute approximate surface area is 186 Å². The molecular weight excluding hydrogens is 428 g/mol. The zero-order valence-electron chi connectivity index (χ0n) is 17.4.